The van der Waals surface area contributed by atoms with E-state index < -0.39 is 0 Å². The zero-order valence-electron chi connectivity index (χ0n) is 17.4. The summed E-state index contributed by atoms with van der Waals surface area (Å²) in [7, 11) is 0. The van der Waals surface area contributed by atoms with Crippen LogP contribution in [0.4, 0.5) is 0 Å². The van der Waals surface area contributed by atoms with E-state index in [-0.39, 0.29) is 17.2 Å². The Bertz CT molecular complexity index is 1070. The smallest absolute Gasteiger partial charge is 0.276 e. The Balaban J connectivity index is 2.02. The number of amides is 1. The summed E-state index contributed by atoms with van der Waals surface area (Å²) in [6.45, 7) is 9.72. The van der Waals surface area contributed by atoms with Gasteiger partial charge in [0, 0.05) is 13.1 Å². The molecule has 0 unspecified atom stereocenters. The zero-order chi connectivity index (χ0) is 21.0. The van der Waals surface area contributed by atoms with Crippen LogP contribution >= 0.6 is 23.1 Å². The van der Waals surface area contributed by atoms with Crippen LogP contribution in [0.5, 0.6) is 0 Å². The minimum Gasteiger partial charge on any atom is -0.342 e. The van der Waals surface area contributed by atoms with Gasteiger partial charge in [-0.2, -0.15) is 0 Å². The highest BCUT2D eigenvalue weighted by Gasteiger charge is 2.19. The Morgan fingerprint density at radius 2 is 1.90 bits per heavy atom. The molecule has 0 saturated heterocycles. The lowest BCUT2D eigenvalue weighted by Crippen LogP contribution is -2.34. The number of hydrogen-bond acceptors (Lipinski definition) is 5. The van der Waals surface area contributed by atoms with E-state index in [9.17, 15) is 9.59 Å². The number of carbonyl (C=O) groups is 1. The molecule has 0 atom stereocenters. The molecule has 0 radical (unpaired) electrons. The lowest BCUT2D eigenvalue weighted by Gasteiger charge is -2.21. The average Bonchev–Trinajstić information content (AvgIpc) is 3.17. The van der Waals surface area contributed by atoms with Crippen molar-refractivity contribution in [3.05, 3.63) is 51.1 Å². The maximum Gasteiger partial charge on any atom is 0.276 e. The third-order valence-corrected chi connectivity index (χ3v) is 6.75. The Kier molecular flexibility index (Phi) is 7.14. The number of aromatic nitrogens is 2. The van der Waals surface area contributed by atoms with Gasteiger partial charge in [-0.1, -0.05) is 37.7 Å². The molecule has 2 aromatic heterocycles. The highest BCUT2D eigenvalue weighted by Crippen LogP contribution is 2.26. The van der Waals surface area contributed by atoms with Crippen LogP contribution in [-0.2, 0) is 4.79 Å². The van der Waals surface area contributed by atoms with Gasteiger partial charge in [0.25, 0.3) is 5.56 Å². The zero-order valence-corrected chi connectivity index (χ0v) is 19.0. The molecule has 0 bridgehead atoms. The molecule has 2 heterocycles. The molecule has 1 aromatic carbocycles. The maximum absolute atomic E-state index is 13.3. The normalized spacial score (nSPS) is 11.2. The summed E-state index contributed by atoms with van der Waals surface area (Å²) in [6.07, 6.45) is 1.87. The number of aryl methyl sites for hydroxylation is 1. The molecule has 0 saturated carbocycles. The number of nitrogens with zero attached hydrogens (tertiary/aromatic N) is 3. The van der Waals surface area contributed by atoms with E-state index in [2.05, 4.69) is 13.8 Å². The first kappa shape index (κ1) is 21.6. The van der Waals surface area contributed by atoms with Gasteiger partial charge in [-0.25, -0.2) is 4.98 Å². The van der Waals surface area contributed by atoms with Crippen molar-refractivity contribution in [2.45, 2.75) is 45.7 Å². The lowest BCUT2D eigenvalue weighted by molar-refractivity contribution is -0.128. The molecule has 3 rings (SSSR count). The molecule has 0 spiro atoms. The number of carbonyl (C=O) groups excluding carboxylic acids is 1. The summed E-state index contributed by atoms with van der Waals surface area (Å²) in [5.74, 6) is 0.360. The molecule has 154 valence electrons. The molecule has 0 aliphatic rings. The van der Waals surface area contributed by atoms with Crippen LogP contribution in [-0.4, -0.2) is 39.2 Å². The van der Waals surface area contributed by atoms with Crippen LogP contribution in [0, 0.1) is 13.8 Å². The predicted octanol–water partition coefficient (Wildman–Crippen LogP) is 4.80. The molecule has 7 heteroatoms. The summed E-state index contributed by atoms with van der Waals surface area (Å²) in [4.78, 5) is 32.7. The Morgan fingerprint density at radius 3 is 2.59 bits per heavy atom. The summed E-state index contributed by atoms with van der Waals surface area (Å²) < 4.78 is 2.31. The average molecular weight is 430 g/mol. The fraction of sp³-hybridized carbons (Fsp3) is 0.409. The van der Waals surface area contributed by atoms with Crippen molar-refractivity contribution in [3.63, 3.8) is 0 Å². The molecule has 0 aliphatic carbocycles. The van der Waals surface area contributed by atoms with Gasteiger partial charge in [0.2, 0.25) is 5.91 Å². The third-order valence-electron chi connectivity index (χ3n) is 4.93. The van der Waals surface area contributed by atoms with Gasteiger partial charge < -0.3 is 4.90 Å². The first-order chi connectivity index (χ1) is 14.0. The van der Waals surface area contributed by atoms with Crippen molar-refractivity contribution in [3.8, 4) is 5.69 Å². The van der Waals surface area contributed by atoms with E-state index in [0.29, 0.717) is 15.4 Å². The third kappa shape index (κ3) is 4.56. The molecule has 29 heavy (non-hydrogen) atoms. The second-order valence-corrected chi connectivity index (χ2v) is 8.92. The Morgan fingerprint density at radius 1 is 1.17 bits per heavy atom. The van der Waals surface area contributed by atoms with E-state index in [1.807, 2.05) is 48.4 Å². The van der Waals surface area contributed by atoms with Crippen LogP contribution in [0.2, 0.25) is 0 Å². The van der Waals surface area contributed by atoms with Crippen molar-refractivity contribution in [1.82, 2.24) is 14.5 Å². The second kappa shape index (κ2) is 9.59. The maximum atomic E-state index is 13.3. The van der Waals surface area contributed by atoms with Crippen molar-refractivity contribution in [2.24, 2.45) is 0 Å². The summed E-state index contributed by atoms with van der Waals surface area (Å²) >= 11 is 2.75. The van der Waals surface area contributed by atoms with Crippen LogP contribution in [0.1, 0.15) is 37.8 Å². The lowest BCUT2D eigenvalue weighted by atomic mass is 10.1. The van der Waals surface area contributed by atoms with Crippen molar-refractivity contribution in [2.75, 3.05) is 18.8 Å². The monoisotopic (exact) mass is 429 g/mol. The fourth-order valence-corrected chi connectivity index (χ4v) is 4.97. The number of hydrogen-bond donors (Lipinski definition) is 0. The molecule has 5 nitrogen and oxygen atoms in total. The minimum absolute atomic E-state index is 0.0763. The number of thiophene rings is 1. The Labute approximate surface area is 179 Å². The van der Waals surface area contributed by atoms with E-state index in [0.717, 1.165) is 42.7 Å². The summed E-state index contributed by atoms with van der Waals surface area (Å²) in [6, 6.07) is 7.79. The molecule has 3 aromatic rings. The van der Waals surface area contributed by atoms with Crippen LogP contribution in [0.3, 0.4) is 0 Å². The highest BCUT2D eigenvalue weighted by atomic mass is 32.2. The topological polar surface area (TPSA) is 55.2 Å². The van der Waals surface area contributed by atoms with Gasteiger partial charge in [0.1, 0.15) is 4.70 Å². The molecule has 1 amide bonds. The number of thioether (sulfide) groups is 1. The molecule has 0 N–H and O–H groups in total. The number of fused-ring (bicyclic) bond motifs is 1. The van der Waals surface area contributed by atoms with Crippen molar-refractivity contribution in [1.29, 1.82) is 0 Å². The van der Waals surface area contributed by atoms with E-state index in [4.69, 9.17) is 4.98 Å². The highest BCUT2D eigenvalue weighted by molar-refractivity contribution is 7.99. The Hall–Kier alpha value is -2.12. The first-order valence-corrected chi connectivity index (χ1v) is 11.8. The van der Waals surface area contributed by atoms with Gasteiger partial charge in [-0.05, 0) is 55.3 Å². The SMILES string of the molecule is CCCN(CCC)C(=O)CSc1nc2ccsc2c(=O)n1-c1cccc(C)c1C. The second-order valence-electron chi connectivity index (χ2n) is 7.06. The quantitative estimate of drug-likeness (QED) is 0.381. The largest absolute Gasteiger partial charge is 0.342 e. The van der Waals surface area contributed by atoms with Crippen molar-refractivity contribution >= 4 is 39.2 Å². The van der Waals surface area contributed by atoms with E-state index >= 15 is 0 Å². The van der Waals surface area contributed by atoms with Crippen LogP contribution < -0.4 is 5.56 Å². The number of rotatable bonds is 8. The molecular weight excluding hydrogens is 402 g/mol. The number of benzene rings is 1. The minimum atomic E-state index is -0.0763. The van der Waals surface area contributed by atoms with Gasteiger partial charge in [-0.3, -0.25) is 14.2 Å². The summed E-state index contributed by atoms with van der Waals surface area (Å²) in [5.41, 5.74) is 3.60. The fourth-order valence-electron chi connectivity index (χ4n) is 3.30. The van der Waals surface area contributed by atoms with Crippen molar-refractivity contribution < 1.29 is 4.79 Å². The van der Waals surface area contributed by atoms with Gasteiger partial charge >= 0.3 is 0 Å². The first-order valence-electron chi connectivity index (χ1n) is 9.95. The van der Waals surface area contributed by atoms with Crippen LogP contribution in [0.15, 0.2) is 39.6 Å². The van der Waals surface area contributed by atoms with E-state index in [1.165, 1.54) is 23.1 Å². The van der Waals surface area contributed by atoms with Gasteiger partial charge in [0.05, 0.1) is 17.0 Å². The molecule has 0 aliphatic heterocycles. The van der Waals surface area contributed by atoms with Crippen LogP contribution in [0.25, 0.3) is 15.9 Å². The standard InChI is InChI=1S/C22H27N3O2S2/c1-5-11-24(12-6-2)19(26)14-29-22-23-17-10-13-28-20(17)21(27)25(22)18-9-7-8-15(3)16(18)4/h7-10,13H,5-6,11-12,14H2,1-4H3. The molecular formula is C22H27N3O2S2. The van der Waals surface area contributed by atoms with Gasteiger partial charge in [0.15, 0.2) is 5.16 Å². The van der Waals surface area contributed by atoms with E-state index in [1.54, 1.807) is 4.57 Å². The predicted molar refractivity (Wildman–Crippen MR) is 123 cm³/mol. The van der Waals surface area contributed by atoms with Gasteiger partial charge in [-0.15, -0.1) is 11.3 Å². The summed E-state index contributed by atoms with van der Waals surface area (Å²) in [5, 5.41) is 2.45. The molecule has 0 fully saturated rings.